The second-order valence-electron chi connectivity index (χ2n) is 4.12. The first kappa shape index (κ1) is 14.8. The van der Waals surface area contributed by atoms with Crippen LogP contribution in [0.4, 0.5) is 4.39 Å². The lowest BCUT2D eigenvalue weighted by Crippen LogP contribution is -2.11. The van der Waals surface area contributed by atoms with Gasteiger partial charge in [0.25, 0.3) is 0 Å². The van der Waals surface area contributed by atoms with Gasteiger partial charge in [-0.3, -0.25) is 4.79 Å². The minimum atomic E-state index is -0.572. The molecule has 2 aromatic carbocycles. The van der Waals surface area contributed by atoms with Gasteiger partial charge in [-0.15, -0.1) is 0 Å². The van der Waals surface area contributed by atoms with Crippen LogP contribution in [-0.2, 0) is 0 Å². The molecular weight excluding hydrogens is 275 g/mol. The fraction of sp³-hybridized carbons (Fsp3) is 0.188. The SMILES string of the molecule is COc1ccccc1OCCOc1c(F)cccc1C=O. The zero-order valence-corrected chi connectivity index (χ0v) is 11.5. The summed E-state index contributed by atoms with van der Waals surface area (Å²) in [6.45, 7) is 0.312. The Kier molecular flexibility index (Phi) is 5.15. The van der Waals surface area contributed by atoms with Crippen LogP contribution in [0.25, 0.3) is 0 Å². The van der Waals surface area contributed by atoms with Gasteiger partial charge in [0.15, 0.2) is 29.4 Å². The normalized spacial score (nSPS) is 10.0. The van der Waals surface area contributed by atoms with Gasteiger partial charge in [0.1, 0.15) is 13.2 Å². The van der Waals surface area contributed by atoms with E-state index in [2.05, 4.69) is 0 Å². The zero-order chi connectivity index (χ0) is 15.1. The van der Waals surface area contributed by atoms with E-state index in [0.29, 0.717) is 17.8 Å². The highest BCUT2D eigenvalue weighted by Gasteiger charge is 2.09. The summed E-state index contributed by atoms with van der Waals surface area (Å²) in [5.41, 5.74) is 0.173. The van der Waals surface area contributed by atoms with Gasteiger partial charge in [-0.2, -0.15) is 0 Å². The third-order valence-corrected chi connectivity index (χ3v) is 2.78. The lowest BCUT2D eigenvalue weighted by molar-refractivity contribution is 0.111. The van der Waals surface area contributed by atoms with Crippen LogP contribution >= 0.6 is 0 Å². The van der Waals surface area contributed by atoms with E-state index >= 15 is 0 Å². The van der Waals surface area contributed by atoms with Gasteiger partial charge in [0, 0.05) is 0 Å². The molecule has 0 saturated heterocycles. The monoisotopic (exact) mass is 290 g/mol. The second kappa shape index (κ2) is 7.28. The Morgan fingerprint density at radius 2 is 1.71 bits per heavy atom. The molecule has 0 aliphatic carbocycles. The van der Waals surface area contributed by atoms with Crippen LogP contribution in [0.2, 0.25) is 0 Å². The highest BCUT2D eigenvalue weighted by molar-refractivity contribution is 5.79. The van der Waals surface area contributed by atoms with Gasteiger partial charge in [0.05, 0.1) is 12.7 Å². The molecule has 0 radical (unpaired) electrons. The van der Waals surface area contributed by atoms with Gasteiger partial charge in [-0.25, -0.2) is 4.39 Å². The summed E-state index contributed by atoms with van der Waals surface area (Å²) in [5, 5.41) is 0. The van der Waals surface area contributed by atoms with Crippen molar-refractivity contribution in [1.82, 2.24) is 0 Å². The molecule has 0 saturated carbocycles. The number of hydrogen-bond donors (Lipinski definition) is 0. The molecule has 21 heavy (non-hydrogen) atoms. The molecule has 0 atom stereocenters. The van der Waals surface area contributed by atoms with Gasteiger partial charge in [-0.1, -0.05) is 18.2 Å². The number of benzene rings is 2. The zero-order valence-electron chi connectivity index (χ0n) is 11.5. The number of aldehydes is 1. The lowest BCUT2D eigenvalue weighted by Gasteiger charge is -2.12. The van der Waals surface area contributed by atoms with Crippen LogP contribution in [0, 0.1) is 5.82 Å². The van der Waals surface area contributed by atoms with Gasteiger partial charge in [0.2, 0.25) is 0 Å². The number of hydrogen-bond acceptors (Lipinski definition) is 4. The first-order valence-corrected chi connectivity index (χ1v) is 6.38. The predicted molar refractivity (Wildman–Crippen MR) is 75.8 cm³/mol. The summed E-state index contributed by atoms with van der Waals surface area (Å²) in [5.74, 6) is 0.553. The topological polar surface area (TPSA) is 44.8 Å². The van der Waals surface area contributed by atoms with Crippen LogP contribution in [0.15, 0.2) is 42.5 Å². The molecule has 0 heterocycles. The van der Waals surface area contributed by atoms with Crippen molar-refractivity contribution in [1.29, 1.82) is 0 Å². The van der Waals surface area contributed by atoms with Crippen molar-refractivity contribution in [3.63, 3.8) is 0 Å². The van der Waals surface area contributed by atoms with Crippen molar-refractivity contribution < 1.29 is 23.4 Å². The average molecular weight is 290 g/mol. The molecule has 0 aliphatic heterocycles. The Hall–Kier alpha value is -2.56. The van der Waals surface area contributed by atoms with E-state index in [9.17, 15) is 9.18 Å². The molecule has 2 rings (SSSR count). The molecule has 5 heteroatoms. The molecule has 110 valence electrons. The van der Waals surface area contributed by atoms with Gasteiger partial charge < -0.3 is 14.2 Å². The van der Waals surface area contributed by atoms with E-state index in [-0.39, 0.29) is 24.5 Å². The van der Waals surface area contributed by atoms with Crippen molar-refractivity contribution in [2.45, 2.75) is 0 Å². The summed E-state index contributed by atoms with van der Waals surface area (Å²) in [6.07, 6.45) is 0.555. The molecule has 0 bridgehead atoms. The second-order valence-corrected chi connectivity index (χ2v) is 4.12. The largest absolute Gasteiger partial charge is 0.493 e. The van der Waals surface area contributed by atoms with E-state index < -0.39 is 5.82 Å². The summed E-state index contributed by atoms with van der Waals surface area (Å²) >= 11 is 0. The number of methoxy groups -OCH3 is 1. The fourth-order valence-electron chi connectivity index (χ4n) is 1.80. The van der Waals surface area contributed by atoms with Crippen LogP contribution in [0.3, 0.4) is 0 Å². The standard InChI is InChI=1S/C16H15FO4/c1-19-14-7-2-3-8-15(14)20-9-10-21-16-12(11-18)5-4-6-13(16)17/h2-8,11H,9-10H2,1H3. The highest BCUT2D eigenvalue weighted by Crippen LogP contribution is 2.26. The maximum Gasteiger partial charge on any atom is 0.165 e. The van der Waals surface area contributed by atoms with E-state index in [1.807, 2.05) is 12.1 Å². The van der Waals surface area contributed by atoms with Gasteiger partial charge >= 0.3 is 0 Å². The van der Waals surface area contributed by atoms with Crippen LogP contribution in [0.5, 0.6) is 17.2 Å². The maximum absolute atomic E-state index is 13.6. The molecule has 0 aliphatic rings. The van der Waals surface area contributed by atoms with Crippen molar-refractivity contribution in [3.8, 4) is 17.2 Å². The quantitative estimate of drug-likeness (QED) is 0.580. The third-order valence-electron chi connectivity index (χ3n) is 2.78. The molecule has 4 nitrogen and oxygen atoms in total. The molecule has 0 fully saturated rings. The van der Waals surface area contributed by atoms with Crippen LogP contribution in [-0.4, -0.2) is 26.6 Å². The maximum atomic E-state index is 13.6. The lowest BCUT2D eigenvalue weighted by atomic mass is 10.2. The summed E-state index contributed by atoms with van der Waals surface area (Å²) in [4.78, 5) is 10.8. The molecule has 0 spiro atoms. The number of para-hydroxylation sites is 3. The number of rotatable bonds is 7. The number of halogens is 1. The van der Waals surface area contributed by atoms with Crippen LogP contribution < -0.4 is 14.2 Å². The molecular formula is C16H15FO4. The van der Waals surface area contributed by atoms with Crippen LogP contribution in [0.1, 0.15) is 10.4 Å². The fourth-order valence-corrected chi connectivity index (χ4v) is 1.80. The first-order chi connectivity index (χ1) is 10.3. The number of carbonyl (C=O) groups is 1. The molecule has 0 N–H and O–H groups in total. The predicted octanol–water partition coefficient (Wildman–Crippen LogP) is 3.10. The van der Waals surface area contributed by atoms with Crippen molar-refractivity contribution in [2.75, 3.05) is 20.3 Å². The number of ether oxygens (including phenoxy) is 3. The van der Waals surface area contributed by atoms with E-state index in [1.165, 1.54) is 18.2 Å². The third kappa shape index (κ3) is 3.72. The Balaban J connectivity index is 1.92. The van der Waals surface area contributed by atoms with E-state index in [0.717, 1.165) is 0 Å². The minimum Gasteiger partial charge on any atom is -0.493 e. The van der Waals surface area contributed by atoms with Crippen molar-refractivity contribution in [3.05, 3.63) is 53.8 Å². The Morgan fingerprint density at radius 1 is 1.00 bits per heavy atom. The minimum absolute atomic E-state index is 0.0591. The van der Waals surface area contributed by atoms with Gasteiger partial charge in [-0.05, 0) is 24.3 Å². The summed E-state index contributed by atoms with van der Waals surface area (Å²) in [7, 11) is 1.55. The molecule has 0 aromatic heterocycles. The van der Waals surface area contributed by atoms with Crippen molar-refractivity contribution in [2.24, 2.45) is 0 Å². The van der Waals surface area contributed by atoms with Crippen molar-refractivity contribution >= 4 is 6.29 Å². The number of carbonyl (C=O) groups excluding carboxylic acids is 1. The molecule has 2 aromatic rings. The Labute approximate surface area is 122 Å². The summed E-state index contributed by atoms with van der Waals surface area (Å²) < 4.78 is 29.5. The average Bonchev–Trinajstić information content (AvgIpc) is 2.52. The van der Waals surface area contributed by atoms with E-state index in [1.54, 1.807) is 19.2 Å². The highest BCUT2D eigenvalue weighted by atomic mass is 19.1. The first-order valence-electron chi connectivity index (χ1n) is 6.38. The molecule has 0 amide bonds. The van der Waals surface area contributed by atoms with E-state index in [4.69, 9.17) is 14.2 Å². The molecule has 0 unspecified atom stereocenters. The summed E-state index contributed by atoms with van der Waals surface area (Å²) in [6, 6.07) is 11.4. The smallest absolute Gasteiger partial charge is 0.165 e. The Bertz CT molecular complexity index is 613. The Morgan fingerprint density at radius 3 is 2.43 bits per heavy atom.